The number of halogens is 2. The highest BCUT2D eigenvalue weighted by molar-refractivity contribution is 9.10. The van der Waals surface area contributed by atoms with Crippen molar-refractivity contribution in [3.8, 4) is 23.3 Å². The molecule has 1 aromatic heterocycles. The number of rotatable bonds is 9. The maximum Gasteiger partial charge on any atom is 0.338 e. The second-order valence-electron chi connectivity index (χ2n) is 9.82. The van der Waals surface area contributed by atoms with Crippen LogP contribution in [-0.2, 0) is 16.1 Å². The number of carbonyl (C=O) groups is 1. The van der Waals surface area contributed by atoms with Crippen LogP contribution in [0.2, 0.25) is 0 Å². The van der Waals surface area contributed by atoms with Gasteiger partial charge in [0.1, 0.15) is 18.4 Å². The molecule has 1 aliphatic rings. The predicted molar refractivity (Wildman–Crippen MR) is 177 cm³/mol. The van der Waals surface area contributed by atoms with Crippen LogP contribution in [0.3, 0.4) is 0 Å². The van der Waals surface area contributed by atoms with Gasteiger partial charge in [0.15, 0.2) is 16.3 Å². The van der Waals surface area contributed by atoms with E-state index in [-0.39, 0.29) is 24.3 Å². The van der Waals surface area contributed by atoms with E-state index >= 15 is 0 Å². The molecule has 9 nitrogen and oxygen atoms in total. The van der Waals surface area contributed by atoms with Gasteiger partial charge in [-0.25, -0.2) is 9.79 Å². The van der Waals surface area contributed by atoms with Gasteiger partial charge in [-0.1, -0.05) is 39.4 Å². The molecule has 2 heterocycles. The number of allylic oxidation sites excluding steroid dienone is 1. The number of benzene rings is 3. The van der Waals surface area contributed by atoms with E-state index in [1.807, 2.05) is 30.3 Å². The molecule has 4 aromatic rings. The van der Waals surface area contributed by atoms with Gasteiger partial charge in [-0.15, -0.1) is 0 Å². The molecule has 0 radical (unpaired) electrons. The number of hydrogen-bond donors (Lipinski definition) is 0. The minimum Gasteiger partial charge on any atom is -0.496 e. The third-order valence-corrected chi connectivity index (χ3v) is 9.08. The van der Waals surface area contributed by atoms with E-state index in [1.165, 1.54) is 15.9 Å². The number of nitriles is 1. The minimum absolute atomic E-state index is 0.173. The van der Waals surface area contributed by atoms with Crippen LogP contribution in [0, 0.1) is 11.3 Å². The molecular weight excluding hydrogens is 726 g/mol. The first-order valence-corrected chi connectivity index (χ1v) is 16.1. The molecule has 0 aliphatic carbocycles. The summed E-state index contributed by atoms with van der Waals surface area (Å²) in [6.07, 6.45) is 1.75. The van der Waals surface area contributed by atoms with Gasteiger partial charge >= 0.3 is 5.97 Å². The zero-order valence-electron chi connectivity index (χ0n) is 24.7. The van der Waals surface area contributed by atoms with Crippen LogP contribution in [0.25, 0.3) is 6.08 Å². The first kappa shape index (κ1) is 32.2. The second kappa shape index (κ2) is 13.9. The van der Waals surface area contributed by atoms with Crippen LogP contribution < -0.4 is 29.1 Å². The van der Waals surface area contributed by atoms with Crippen molar-refractivity contribution in [2.24, 2.45) is 4.99 Å². The van der Waals surface area contributed by atoms with Gasteiger partial charge in [-0.05, 0) is 89.4 Å². The van der Waals surface area contributed by atoms with Crippen molar-refractivity contribution in [1.82, 2.24) is 4.57 Å². The number of hydrogen-bond acceptors (Lipinski definition) is 9. The van der Waals surface area contributed by atoms with E-state index in [0.717, 1.165) is 10.0 Å². The van der Waals surface area contributed by atoms with Crippen molar-refractivity contribution in [2.75, 3.05) is 20.8 Å². The number of carbonyl (C=O) groups excluding carboxylic acids is 1. The summed E-state index contributed by atoms with van der Waals surface area (Å²) >= 11 is 8.33. The molecule has 0 N–H and O–H groups in total. The third kappa shape index (κ3) is 6.61. The summed E-state index contributed by atoms with van der Waals surface area (Å²) in [6.45, 7) is 3.90. The first-order valence-electron chi connectivity index (χ1n) is 13.7. The molecule has 0 fully saturated rings. The molecule has 0 unspecified atom stereocenters. The molecule has 45 heavy (non-hydrogen) atoms. The Bertz CT molecular complexity index is 2040. The Morgan fingerprint density at radius 1 is 1.09 bits per heavy atom. The molecule has 5 rings (SSSR count). The Labute approximate surface area is 279 Å². The average Bonchev–Trinajstić information content (AvgIpc) is 3.33. The standard InChI is InChI=1S/C33H27Br2N3O6S/c1-5-43-32(40)28-18(2)37-33-38(29(28)23-15-22(34)10-11-25(23)41-3)31(39)27(45-33)14-21-12-24(35)30(26(13-21)42-4)44-17-20-8-6-19(16-36)7-9-20/h6-15,29H,5,17H2,1-4H3/b27-14-/t29-/m1/s1. The fourth-order valence-corrected chi connectivity index (χ4v) is 6.95. The van der Waals surface area contributed by atoms with Crippen molar-refractivity contribution in [3.05, 3.63) is 117 Å². The SMILES string of the molecule is CCOC(=O)C1=C(C)N=c2s/c(=C\c3cc(Br)c(OCc4ccc(C#N)cc4)c(OC)c3)c(=O)n2[C@@H]1c1cc(Br)ccc1OC. The predicted octanol–water partition coefficient (Wildman–Crippen LogP) is 5.79. The van der Waals surface area contributed by atoms with Crippen molar-refractivity contribution >= 4 is 55.2 Å². The van der Waals surface area contributed by atoms with Crippen molar-refractivity contribution in [3.63, 3.8) is 0 Å². The van der Waals surface area contributed by atoms with Gasteiger partial charge in [0, 0.05) is 10.0 Å². The van der Waals surface area contributed by atoms with Gasteiger partial charge in [0.2, 0.25) is 0 Å². The van der Waals surface area contributed by atoms with Crippen LogP contribution in [0.15, 0.2) is 84.6 Å². The highest BCUT2D eigenvalue weighted by Gasteiger charge is 2.35. The first-order chi connectivity index (χ1) is 21.7. The summed E-state index contributed by atoms with van der Waals surface area (Å²) in [5.74, 6) is 0.927. The van der Waals surface area contributed by atoms with Gasteiger partial charge in [-0.3, -0.25) is 9.36 Å². The minimum atomic E-state index is -0.825. The summed E-state index contributed by atoms with van der Waals surface area (Å²) in [7, 11) is 3.08. The largest absolute Gasteiger partial charge is 0.496 e. The Morgan fingerprint density at radius 3 is 2.49 bits per heavy atom. The lowest BCUT2D eigenvalue weighted by Gasteiger charge is -2.26. The lowest BCUT2D eigenvalue weighted by Crippen LogP contribution is -2.40. The number of methoxy groups -OCH3 is 2. The van der Waals surface area contributed by atoms with Crippen LogP contribution in [0.5, 0.6) is 17.2 Å². The lowest BCUT2D eigenvalue weighted by atomic mass is 9.95. The van der Waals surface area contributed by atoms with Crippen molar-refractivity contribution < 1.29 is 23.7 Å². The number of esters is 1. The normalized spacial score (nSPS) is 14.3. The molecule has 0 spiro atoms. The Hall–Kier alpha value is -4.18. The van der Waals surface area contributed by atoms with Crippen LogP contribution in [-0.4, -0.2) is 31.4 Å². The molecule has 0 bridgehead atoms. The van der Waals surface area contributed by atoms with Gasteiger partial charge in [0.25, 0.3) is 5.56 Å². The van der Waals surface area contributed by atoms with Crippen LogP contribution >= 0.6 is 43.2 Å². The number of nitrogens with zero attached hydrogens (tertiary/aromatic N) is 3. The van der Waals surface area contributed by atoms with Crippen LogP contribution in [0.1, 0.15) is 42.1 Å². The van der Waals surface area contributed by atoms with Gasteiger partial charge < -0.3 is 18.9 Å². The topological polar surface area (TPSA) is 112 Å². The highest BCUT2D eigenvalue weighted by atomic mass is 79.9. The average molecular weight is 753 g/mol. The Balaban J connectivity index is 1.59. The lowest BCUT2D eigenvalue weighted by molar-refractivity contribution is -0.139. The van der Waals surface area contributed by atoms with E-state index in [9.17, 15) is 9.59 Å². The number of ether oxygens (including phenoxy) is 4. The fourth-order valence-electron chi connectivity index (χ4n) is 4.95. The fraction of sp³-hybridized carbons (Fsp3) is 0.212. The monoisotopic (exact) mass is 751 g/mol. The summed E-state index contributed by atoms with van der Waals surface area (Å²) in [5, 5.41) is 9.04. The number of aromatic nitrogens is 1. The summed E-state index contributed by atoms with van der Waals surface area (Å²) in [4.78, 5) is 32.4. The summed E-state index contributed by atoms with van der Waals surface area (Å²) in [5.41, 5.74) is 3.17. The van der Waals surface area contributed by atoms with Crippen molar-refractivity contribution in [1.29, 1.82) is 5.26 Å². The molecular formula is C33H27Br2N3O6S. The van der Waals surface area contributed by atoms with Crippen LogP contribution in [0.4, 0.5) is 0 Å². The highest BCUT2D eigenvalue weighted by Crippen LogP contribution is 2.39. The molecule has 1 aliphatic heterocycles. The third-order valence-electron chi connectivity index (χ3n) is 7.02. The number of fused-ring (bicyclic) bond motifs is 1. The smallest absolute Gasteiger partial charge is 0.338 e. The quantitative estimate of drug-likeness (QED) is 0.199. The molecule has 3 aromatic carbocycles. The van der Waals surface area contributed by atoms with E-state index < -0.39 is 12.0 Å². The summed E-state index contributed by atoms with van der Waals surface area (Å²) < 4.78 is 26.1. The molecule has 0 saturated heterocycles. The zero-order valence-corrected chi connectivity index (χ0v) is 28.7. The second-order valence-corrected chi connectivity index (χ2v) is 12.6. The number of thiazole rings is 1. The molecule has 12 heteroatoms. The van der Waals surface area contributed by atoms with E-state index in [4.69, 9.17) is 24.2 Å². The Morgan fingerprint density at radius 2 is 1.82 bits per heavy atom. The molecule has 230 valence electrons. The van der Waals surface area contributed by atoms with E-state index in [0.29, 0.717) is 53.4 Å². The van der Waals surface area contributed by atoms with Gasteiger partial charge in [0.05, 0.1) is 52.7 Å². The summed E-state index contributed by atoms with van der Waals surface area (Å²) in [6, 6.07) is 17.5. The molecule has 0 saturated carbocycles. The molecule has 1 atom stereocenters. The maximum atomic E-state index is 14.1. The van der Waals surface area contributed by atoms with Crippen molar-refractivity contribution in [2.45, 2.75) is 26.5 Å². The Kier molecular flexibility index (Phi) is 9.92. The maximum absolute atomic E-state index is 14.1. The van der Waals surface area contributed by atoms with Gasteiger partial charge in [-0.2, -0.15) is 5.26 Å². The van der Waals surface area contributed by atoms with E-state index in [2.05, 4.69) is 42.9 Å². The zero-order chi connectivity index (χ0) is 32.2. The molecule has 0 amide bonds. The van der Waals surface area contributed by atoms with E-state index in [1.54, 1.807) is 58.4 Å².